The third-order valence-electron chi connectivity index (χ3n) is 3.99. The summed E-state index contributed by atoms with van der Waals surface area (Å²) in [7, 11) is 0. The topological polar surface area (TPSA) is 94.0 Å². The maximum atomic E-state index is 12.1. The summed E-state index contributed by atoms with van der Waals surface area (Å²) in [4.78, 5) is 21.4. The van der Waals surface area contributed by atoms with E-state index < -0.39 is 0 Å². The molecular weight excluding hydrogens is 388 g/mol. The zero-order valence-corrected chi connectivity index (χ0v) is 19.1. The van der Waals surface area contributed by atoms with E-state index in [0.29, 0.717) is 39.3 Å². The third-order valence-corrected chi connectivity index (χ3v) is 5.04. The van der Waals surface area contributed by atoms with Gasteiger partial charge in [0.15, 0.2) is 10.8 Å². The van der Waals surface area contributed by atoms with Crippen molar-refractivity contribution in [3.63, 3.8) is 0 Å². The summed E-state index contributed by atoms with van der Waals surface area (Å²) in [5, 5.41) is 12.4. The first-order valence-corrected chi connectivity index (χ1v) is 11.3. The fourth-order valence-electron chi connectivity index (χ4n) is 2.72. The zero-order chi connectivity index (χ0) is 21.3. The molecule has 0 saturated carbocycles. The van der Waals surface area contributed by atoms with Gasteiger partial charge in [-0.15, -0.1) is 0 Å². The molecule has 9 heteroatoms. The highest BCUT2D eigenvalue weighted by molar-refractivity contribution is 7.99. The number of nitrogens with one attached hydrogen (secondary N) is 2. The van der Waals surface area contributed by atoms with E-state index in [1.165, 1.54) is 0 Å². The minimum atomic E-state index is -0.0246. The van der Waals surface area contributed by atoms with Crippen molar-refractivity contribution in [1.29, 1.82) is 0 Å². The van der Waals surface area contributed by atoms with Crippen LogP contribution < -0.4 is 10.6 Å². The smallest absolute Gasteiger partial charge is 0.220 e. The number of carbonyl (C=O) groups excluding carboxylic acids is 1. The number of rotatable bonds is 12. The minimum Gasteiger partial charge on any atom is -0.380 e. The molecule has 0 aliphatic rings. The predicted octanol–water partition coefficient (Wildman–Crippen LogP) is 3.33. The summed E-state index contributed by atoms with van der Waals surface area (Å²) in [5.41, 5.74) is 0.756. The van der Waals surface area contributed by atoms with Gasteiger partial charge in [-0.2, -0.15) is 5.10 Å². The predicted molar refractivity (Wildman–Crippen MR) is 118 cm³/mol. The van der Waals surface area contributed by atoms with Crippen LogP contribution in [0.4, 0.5) is 5.82 Å². The van der Waals surface area contributed by atoms with Gasteiger partial charge in [0.25, 0.3) is 0 Å². The molecule has 0 radical (unpaired) electrons. The standard InChI is InChI=1S/C20H34N6O2S/c1-6-12-29-19-24-17(22-9-11-28-7-2)15-14-23-26(18(15)25-19)10-8-21-16(27)13-20(3,4)5/h14H,6-13H2,1-5H3,(H,21,27)(H,22,24,25). The molecule has 0 aliphatic heterocycles. The van der Waals surface area contributed by atoms with Crippen LogP contribution in [0.3, 0.4) is 0 Å². The van der Waals surface area contributed by atoms with Crippen molar-refractivity contribution < 1.29 is 9.53 Å². The molecule has 8 nitrogen and oxygen atoms in total. The van der Waals surface area contributed by atoms with Crippen molar-refractivity contribution in [1.82, 2.24) is 25.1 Å². The molecule has 2 rings (SSSR count). The average Bonchev–Trinajstić information content (AvgIpc) is 3.05. The summed E-state index contributed by atoms with van der Waals surface area (Å²) in [6.07, 6.45) is 3.34. The number of aromatic nitrogens is 4. The van der Waals surface area contributed by atoms with Gasteiger partial charge in [-0.1, -0.05) is 39.5 Å². The second-order valence-electron chi connectivity index (χ2n) is 8.02. The molecule has 1 amide bonds. The molecular formula is C20H34N6O2S. The highest BCUT2D eigenvalue weighted by atomic mass is 32.2. The van der Waals surface area contributed by atoms with Gasteiger partial charge in [-0.3, -0.25) is 4.79 Å². The zero-order valence-electron chi connectivity index (χ0n) is 18.2. The van der Waals surface area contributed by atoms with E-state index in [1.54, 1.807) is 18.0 Å². The van der Waals surface area contributed by atoms with E-state index in [2.05, 4.69) is 48.4 Å². The highest BCUT2D eigenvalue weighted by Crippen LogP contribution is 2.24. The van der Waals surface area contributed by atoms with Gasteiger partial charge < -0.3 is 15.4 Å². The fraction of sp³-hybridized carbons (Fsp3) is 0.700. The largest absolute Gasteiger partial charge is 0.380 e. The molecule has 0 aliphatic carbocycles. The molecule has 0 unspecified atom stereocenters. The lowest BCUT2D eigenvalue weighted by atomic mass is 9.92. The van der Waals surface area contributed by atoms with Gasteiger partial charge in [-0.05, 0) is 18.8 Å². The second kappa shape index (κ2) is 11.3. The van der Waals surface area contributed by atoms with E-state index in [-0.39, 0.29) is 11.3 Å². The van der Waals surface area contributed by atoms with Crippen LogP contribution in [0.15, 0.2) is 11.4 Å². The van der Waals surface area contributed by atoms with Gasteiger partial charge in [0.1, 0.15) is 5.82 Å². The van der Waals surface area contributed by atoms with Crippen LogP contribution in [0.25, 0.3) is 11.0 Å². The molecule has 0 fully saturated rings. The first-order valence-electron chi connectivity index (χ1n) is 10.3. The number of fused-ring (bicyclic) bond motifs is 1. The Morgan fingerprint density at radius 2 is 2.03 bits per heavy atom. The molecule has 0 saturated heterocycles. The van der Waals surface area contributed by atoms with E-state index in [0.717, 1.165) is 34.2 Å². The molecule has 29 heavy (non-hydrogen) atoms. The summed E-state index contributed by atoms with van der Waals surface area (Å²) in [6.45, 7) is 13.3. The van der Waals surface area contributed by atoms with Crippen molar-refractivity contribution in [2.75, 3.05) is 37.4 Å². The van der Waals surface area contributed by atoms with E-state index in [4.69, 9.17) is 9.72 Å². The lowest BCUT2D eigenvalue weighted by Crippen LogP contribution is -2.30. The molecule has 2 aromatic rings. The van der Waals surface area contributed by atoms with Crippen LogP contribution in [0, 0.1) is 5.41 Å². The number of nitrogens with zero attached hydrogens (tertiary/aromatic N) is 4. The Morgan fingerprint density at radius 3 is 2.72 bits per heavy atom. The van der Waals surface area contributed by atoms with Crippen LogP contribution in [-0.2, 0) is 16.1 Å². The first kappa shape index (κ1) is 23.4. The van der Waals surface area contributed by atoms with Gasteiger partial charge in [0.2, 0.25) is 5.91 Å². The van der Waals surface area contributed by atoms with Crippen molar-refractivity contribution in [2.24, 2.45) is 5.41 Å². The van der Waals surface area contributed by atoms with Gasteiger partial charge in [0.05, 0.1) is 24.7 Å². The summed E-state index contributed by atoms with van der Waals surface area (Å²) < 4.78 is 7.24. The molecule has 2 heterocycles. The van der Waals surface area contributed by atoms with Crippen LogP contribution in [0.1, 0.15) is 47.5 Å². The molecule has 0 aromatic carbocycles. The highest BCUT2D eigenvalue weighted by Gasteiger charge is 2.16. The maximum Gasteiger partial charge on any atom is 0.220 e. The lowest BCUT2D eigenvalue weighted by Gasteiger charge is -2.17. The van der Waals surface area contributed by atoms with Crippen molar-refractivity contribution in [3.8, 4) is 0 Å². The van der Waals surface area contributed by atoms with Gasteiger partial charge in [-0.25, -0.2) is 14.6 Å². The second-order valence-corrected chi connectivity index (χ2v) is 9.08. The molecule has 0 bridgehead atoms. The average molecular weight is 423 g/mol. The Labute approximate surface area is 177 Å². The van der Waals surface area contributed by atoms with Crippen LogP contribution in [0.2, 0.25) is 0 Å². The molecule has 2 aromatic heterocycles. The lowest BCUT2D eigenvalue weighted by molar-refractivity contribution is -0.122. The number of amides is 1. The van der Waals surface area contributed by atoms with Gasteiger partial charge in [0, 0.05) is 31.9 Å². The molecule has 0 atom stereocenters. The minimum absolute atomic E-state index is 0.0246. The van der Waals surface area contributed by atoms with Crippen molar-refractivity contribution in [2.45, 2.75) is 59.2 Å². The number of ether oxygens (including phenoxy) is 1. The molecule has 2 N–H and O–H groups in total. The molecule has 162 valence electrons. The van der Waals surface area contributed by atoms with Crippen molar-refractivity contribution >= 4 is 34.5 Å². The third kappa shape index (κ3) is 7.81. The number of hydrogen-bond donors (Lipinski definition) is 2. The number of anilines is 1. The Hall–Kier alpha value is -1.87. The Balaban J connectivity index is 2.11. The maximum absolute atomic E-state index is 12.1. The Bertz CT molecular complexity index is 787. The quantitative estimate of drug-likeness (QED) is 0.308. The van der Waals surface area contributed by atoms with Crippen LogP contribution in [-0.4, -0.2) is 57.7 Å². The monoisotopic (exact) mass is 422 g/mol. The normalized spacial score (nSPS) is 11.8. The summed E-state index contributed by atoms with van der Waals surface area (Å²) in [5.74, 6) is 1.79. The van der Waals surface area contributed by atoms with E-state index >= 15 is 0 Å². The number of hydrogen-bond acceptors (Lipinski definition) is 7. The Kier molecular flexibility index (Phi) is 9.16. The van der Waals surface area contributed by atoms with Crippen LogP contribution in [0.5, 0.6) is 0 Å². The van der Waals surface area contributed by atoms with Crippen LogP contribution >= 0.6 is 11.8 Å². The first-order chi connectivity index (χ1) is 13.8. The SMILES string of the molecule is CCCSc1nc(NCCOCC)c2cnn(CCNC(=O)CC(C)(C)C)c2n1. The Morgan fingerprint density at radius 1 is 1.24 bits per heavy atom. The van der Waals surface area contributed by atoms with E-state index in [1.807, 2.05) is 11.6 Å². The van der Waals surface area contributed by atoms with E-state index in [9.17, 15) is 4.79 Å². The van der Waals surface area contributed by atoms with Gasteiger partial charge >= 0.3 is 0 Å². The summed E-state index contributed by atoms with van der Waals surface area (Å²) in [6, 6.07) is 0. The number of thioether (sulfide) groups is 1. The van der Waals surface area contributed by atoms with Crippen molar-refractivity contribution in [3.05, 3.63) is 6.20 Å². The fourth-order valence-corrected chi connectivity index (χ4v) is 3.42. The number of carbonyl (C=O) groups is 1. The summed E-state index contributed by atoms with van der Waals surface area (Å²) >= 11 is 1.64. The molecule has 0 spiro atoms.